The second-order valence-corrected chi connectivity index (χ2v) is 7.61. The molecule has 0 spiro atoms. The summed E-state index contributed by atoms with van der Waals surface area (Å²) in [6.45, 7) is 2.98. The van der Waals surface area contributed by atoms with Gasteiger partial charge in [0.25, 0.3) is 0 Å². The molecule has 0 aromatic heterocycles. The first kappa shape index (κ1) is 23.5. The Hall–Kier alpha value is -2.73. The van der Waals surface area contributed by atoms with Crippen LogP contribution in [0.5, 0.6) is 11.5 Å². The maximum Gasteiger partial charge on any atom is 0.343 e. The predicted octanol–water partition coefficient (Wildman–Crippen LogP) is 7.19. The van der Waals surface area contributed by atoms with Crippen LogP contribution in [-0.4, -0.2) is 12.6 Å². The lowest BCUT2D eigenvalue weighted by molar-refractivity contribution is 0.0734. The quantitative estimate of drug-likeness (QED) is 0.144. The average Bonchev–Trinajstić information content (AvgIpc) is 2.78. The third-order valence-electron chi connectivity index (χ3n) is 5.09. The summed E-state index contributed by atoms with van der Waals surface area (Å²) in [6.07, 6.45) is 18.4. The molecule has 0 bridgehead atoms. The van der Waals surface area contributed by atoms with Gasteiger partial charge in [-0.3, -0.25) is 0 Å². The molecular formula is C27H34O3. The van der Waals surface area contributed by atoms with Crippen LogP contribution in [0.15, 0.2) is 48.5 Å². The van der Waals surface area contributed by atoms with Gasteiger partial charge in [0.05, 0.1) is 12.2 Å². The molecule has 3 heteroatoms. The van der Waals surface area contributed by atoms with E-state index < -0.39 is 5.97 Å². The van der Waals surface area contributed by atoms with Gasteiger partial charge in [-0.05, 0) is 55.0 Å². The summed E-state index contributed by atoms with van der Waals surface area (Å²) in [4.78, 5) is 12.2. The van der Waals surface area contributed by atoms with Gasteiger partial charge >= 0.3 is 5.97 Å². The number of rotatable bonds is 14. The predicted molar refractivity (Wildman–Crippen MR) is 123 cm³/mol. The number of hydrogen-bond acceptors (Lipinski definition) is 3. The van der Waals surface area contributed by atoms with Crippen molar-refractivity contribution in [2.45, 2.75) is 71.1 Å². The molecule has 160 valence electrons. The van der Waals surface area contributed by atoms with Gasteiger partial charge in [-0.15, -0.1) is 6.42 Å². The van der Waals surface area contributed by atoms with Crippen LogP contribution in [0.1, 0.15) is 87.1 Å². The second kappa shape index (κ2) is 14.3. The van der Waals surface area contributed by atoms with Gasteiger partial charge < -0.3 is 9.47 Å². The lowest BCUT2D eigenvalue weighted by Gasteiger charge is -2.08. The van der Waals surface area contributed by atoms with E-state index in [1.165, 1.54) is 57.8 Å². The summed E-state index contributed by atoms with van der Waals surface area (Å²) >= 11 is 0. The topological polar surface area (TPSA) is 35.5 Å². The maximum absolute atomic E-state index is 12.2. The van der Waals surface area contributed by atoms with Crippen molar-refractivity contribution >= 4 is 5.97 Å². The van der Waals surface area contributed by atoms with E-state index in [-0.39, 0.29) is 0 Å². The average molecular weight is 407 g/mol. The smallest absolute Gasteiger partial charge is 0.343 e. The van der Waals surface area contributed by atoms with E-state index in [2.05, 4.69) is 12.8 Å². The molecule has 0 amide bonds. The van der Waals surface area contributed by atoms with E-state index in [1.54, 1.807) is 36.4 Å². The minimum absolute atomic E-state index is 0.405. The second-order valence-electron chi connectivity index (χ2n) is 7.61. The molecule has 2 aromatic carbocycles. The van der Waals surface area contributed by atoms with Crippen LogP contribution in [0.3, 0.4) is 0 Å². The van der Waals surface area contributed by atoms with Crippen LogP contribution >= 0.6 is 0 Å². The minimum atomic E-state index is -0.405. The van der Waals surface area contributed by atoms with Gasteiger partial charge in [0, 0.05) is 5.56 Å². The highest BCUT2D eigenvalue weighted by Crippen LogP contribution is 2.19. The molecule has 0 unspecified atom stereocenters. The van der Waals surface area contributed by atoms with E-state index in [1.807, 2.05) is 12.1 Å². The van der Waals surface area contributed by atoms with Gasteiger partial charge in [0.2, 0.25) is 0 Å². The van der Waals surface area contributed by atoms with Crippen LogP contribution < -0.4 is 9.47 Å². The number of carbonyl (C=O) groups excluding carboxylic acids is 1. The van der Waals surface area contributed by atoms with Crippen LogP contribution in [0.4, 0.5) is 0 Å². The Morgan fingerprint density at radius 3 is 1.87 bits per heavy atom. The summed E-state index contributed by atoms with van der Waals surface area (Å²) < 4.78 is 11.2. The van der Waals surface area contributed by atoms with Crippen molar-refractivity contribution in [1.82, 2.24) is 0 Å². The highest BCUT2D eigenvalue weighted by Gasteiger charge is 2.08. The van der Waals surface area contributed by atoms with Crippen LogP contribution in [0.2, 0.25) is 0 Å². The minimum Gasteiger partial charge on any atom is -0.494 e. The maximum atomic E-state index is 12.2. The Balaban J connectivity index is 1.58. The number of ether oxygens (including phenoxy) is 2. The summed E-state index contributed by atoms with van der Waals surface area (Å²) in [7, 11) is 0. The molecule has 0 heterocycles. The number of hydrogen-bond donors (Lipinski definition) is 0. The number of carbonyl (C=O) groups is 1. The molecule has 0 aliphatic rings. The number of benzene rings is 2. The lowest BCUT2D eigenvalue weighted by Crippen LogP contribution is -2.08. The summed E-state index contributed by atoms with van der Waals surface area (Å²) in [6, 6.07) is 14.0. The summed E-state index contributed by atoms with van der Waals surface area (Å²) in [5, 5.41) is 0. The number of terminal acetylenes is 1. The van der Waals surface area contributed by atoms with Gasteiger partial charge in [-0.25, -0.2) is 4.79 Å². The van der Waals surface area contributed by atoms with Crippen molar-refractivity contribution in [1.29, 1.82) is 0 Å². The highest BCUT2D eigenvalue weighted by atomic mass is 16.5. The zero-order valence-electron chi connectivity index (χ0n) is 18.2. The third-order valence-corrected chi connectivity index (χ3v) is 5.09. The molecule has 0 saturated heterocycles. The van der Waals surface area contributed by atoms with Crippen molar-refractivity contribution in [3.05, 3.63) is 59.7 Å². The molecule has 0 aliphatic carbocycles. The first-order valence-corrected chi connectivity index (χ1v) is 11.2. The van der Waals surface area contributed by atoms with E-state index >= 15 is 0 Å². The largest absolute Gasteiger partial charge is 0.494 e. The Labute approximate surface area is 181 Å². The van der Waals surface area contributed by atoms with Crippen LogP contribution in [0, 0.1) is 12.3 Å². The third kappa shape index (κ3) is 9.18. The van der Waals surface area contributed by atoms with Crippen molar-refractivity contribution in [2.24, 2.45) is 0 Å². The Morgan fingerprint density at radius 2 is 1.30 bits per heavy atom. The van der Waals surface area contributed by atoms with Crippen molar-refractivity contribution in [3.63, 3.8) is 0 Å². The molecule has 0 atom stereocenters. The van der Waals surface area contributed by atoms with E-state index in [0.717, 1.165) is 24.3 Å². The molecule has 30 heavy (non-hydrogen) atoms. The van der Waals surface area contributed by atoms with Crippen LogP contribution in [0.25, 0.3) is 0 Å². The zero-order chi connectivity index (χ0) is 21.4. The number of unbranched alkanes of at least 4 members (excludes halogenated alkanes) is 9. The summed E-state index contributed by atoms with van der Waals surface area (Å²) in [5.41, 5.74) is 1.20. The molecular weight excluding hydrogens is 372 g/mol. The van der Waals surface area contributed by atoms with Gasteiger partial charge in [-0.1, -0.05) is 70.6 Å². The normalized spacial score (nSPS) is 10.4. The first-order chi connectivity index (χ1) is 14.7. The fourth-order valence-electron chi connectivity index (χ4n) is 3.25. The fraction of sp³-hybridized carbons (Fsp3) is 0.444. The molecule has 3 nitrogen and oxygen atoms in total. The molecule has 0 N–H and O–H groups in total. The Kier molecular flexibility index (Phi) is 11.2. The van der Waals surface area contributed by atoms with Crippen molar-refractivity contribution in [3.8, 4) is 23.8 Å². The molecule has 0 radical (unpaired) electrons. The monoisotopic (exact) mass is 406 g/mol. The fourth-order valence-corrected chi connectivity index (χ4v) is 3.25. The molecule has 0 fully saturated rings. The van der Waals surface area contributed by atoms with Gasteiger partial charge in [0.1, 0.15) is 11.5 Å². The molecule has 0 saturated carbocycles. The van der Waals surface area contributed by atoms with Gasteiger partial charge in [0.15, 0.2) is 0 Å². The lowest BCUT2D eigenvalue weighted by atomic mass is 10.1. The van der Waals surface area contributed by atoms with E-state index in [4.69, 9.17) is 15.9 Å². The standard InChI is InChI=1S/C27H34O3/c1-3-5-6-7-8-9-10-11-12-13-22-29-25-18-20-26(21-19-25)30-27(28)24-16-14-23(4-2)15-17-24/h2,14-21H,3,5-13,22H2,1H3. The molecule has 2 aromatic rings. The Bertz CT molecular complexity index is 769. The Morgan fingerprint density at radius 1 is 0.767 bits per heavy atom. The molecule has 0 aliphatic heterocycles. The van der Waals surface area contributed by atoms with E-state index in [0.29, 0.717) is 11.3 Å². The van der Waals surface area contributed by atoms with Crippen molar-refractivity contribution in [2.75, 3.05) is 6.61 Å². The van der Waals surface area contributed by atoms with Crippen LogP contribution in [-0.2, 0) is 0 Å². The summed E-state index contributed by atoms with van der Waals surface area (Å²) in [5.74, 6) is 3.41. The van der Waals surface area contributed by atoms with Gasteiger partial charge in [-0.2, -0.15) is 0 Å². The highest BCUT2D eigenvalue weighted by molar-refractivity contribution is 5.91. The van der Waals surface area contributed by atoms with Crippen molar-refractivity contribution < 1.29 is 14.3 Å². The number of esters is 1. The zero-order valence-corrected chi connectivity index (χ0v) is 18.2. The SMILES string of the molecule is C#Cc1ccc(C(=O)Oc2ccc(OCCCCCCCCCCCC)cc2)cc1. The molecule has 2 rings (SSSR count). The van der Waals surface area contributed by atoms with E-state index in [9.17, 15) is 4.79 Å². The first-order valence-electron chi connectivity index (χ1n) is 11.2.